The lowest BCUT2D eigenvalue weighted by Gasteiger charge is -2.31. The molecule has 222 valence electrons. The first-order chi connectivity index (χ1) is 17.6. The Labute approximate surface area is 222 Å². The highest BCUT2D eigenvalue weighted by Gasteiger charge is 2.43. The van der Waals surface area contributed by atoms with E-state index in [9.17, 15) is 35.1 Å². The molecule has 0 radical (unpaired) electrons. The fraction of sp³-hybridized carbons (Fsp3) is 0.840. The summed E-state index contributed by atoms with van der Waals surface area (Å²) in [5.74, 6) is -12.9. The molecule has 0 saturated carbocycles. The first kappa shape index (κ1) is 32.9. The van der Waals surface area contributed by atoms with Crippen molar-refractivity contribution in [3.63, 3.8) is 0 Å². The fourth-order valence-corrected chi connectivity index (χ4v) is 4.51. The zero-order valence-corrected chi connectivity index (χ0v) is 22.4. The number of hydrogen-bond acceptors (Lipinski definition) is 5. The molecule has 0 aliphatic carbocycles. The van der Waals surface area contributed by atoms with Crippen molar-refractivity contribution in [2.45, 2.75) is 88.9 Å². The monoisotopic (exact) mass is 584 g/mol. The van der Waals surface area contributed by atoms with Crippen LogP contribution in [0.3, 0.4) is 0 Å². The summed E-state index contributed by atoms with van der Waals surface area (Å²) in [5.41, 5.74) is -0.911. The van der Waals surface area contributed by atoms with Gasteiger partial charge in [0.05, 0.1) is 31.5 Å². The Morgan fingerprint density at radius 2 is 1.11 bits per heavy atom. The van der Waals surface area contributed by atoms with E-state index in [0.29, 0.717) is 11.5 Å². The second-order valence-electron chi connectivity index (χ2n) is 9.97. The van der Waals surface area contributed by atoms with Gasteiger partial charge in [0.1, 0.15) is 13.2 Å². The van der Waals surface area contributed by atoms with Crippen LogP contribution in [0.5, 0.6) is 11.5 Å². The maximum absolute atomic E-state index is 13.9. The molecule has 0 N–H and O–H groups in total. The number of alkyl halides is 8. The van der Waals surface area contributed by atoms with Gasteiger partial charge in [0, 0.05) is 49.7 Å². The molecule has 2 heterocycles. The molecule has 13 heteroatoms. The van der Waals surface area contributed by atoms with E-state index in [1.54, 1.807) is 10.8 Å². The van der Waals surface area contributed by atoms with Crippen molar-refractivity contribution in [1.29, 1.82) is 0 Å². The van der Waals surface area contributed by atoms with Gasteiger partial charge in [-0.3, -0.25) is 0 Å². The number of thiophene rings is 1. The summed E-state index contributed by atoms with van der Waals surface area (Å²) in [5, 5.41) is 3.46. The SMILES string of the molecule is CCC(F)(F)CC(F)(F)CCCOCC1(COCCCC(F)(F)CC(F)(F)CC)COc2cscc2OC1. The summed E-state index contributed by atoms with van der Waals surface area (Å²) in [6.45, 7) is 2.07. The van der Waals surface area contributed by atoms with Crippen molar-refractivity contribution < 1.29 is 54.1 Å². The third kappa shape index (κ3) is 11.4. The molecule has 1 aromatic heterocycles. The third-order valence-electron chi connectivity index (χ3n) is 6.21. The zero-order chi connectivity index (χ0) is 28.5. The first-order valence-corrected chi connectivity index (χ1v) is 13.6. The van der Waals surface area contributed by atoms with Gasteiger partial charge in [-0.05, 0) is 12.8 Å². The Morgan fingerprint density at radius 1 is 0.711 bits per heavy atom. The van der Waals surface area contributed by atoms with Crippen LogP contribution in [0.4, 0.5) is 35.1 Å². The number of fused-ring (bicyclic) bond motifs is 1. The molecule has 4 nitrogen and oxygen atoms in total. The Bertz CT molecular complexity index is 770. The molecule has 1 aliphatic rings. The summed E-state index contributed by atoms with van der Waals surface area (Å²) < 4.78 is 132. The van der Waals surface area contributed by atoms with Crippen LogP contribution >= 0.6 is 11.3 Å². The lowest BCUT2D eigenvalue weighted by molar-refractivity contribution is -0.120. The van der Waals surface area contributed by atoms with Crippen LogP contribution in [-0.4, -0.2) is 63.3 Å². The van der Waals surface area contributed by atoms with Crippen molar-refractivity contribution in [2.24, 2.45) is 5.41 Å². The van der Waals surface area contributed by atoms with Gasteiger partial charge < -0.3 is 18.9 Å². The molecule has 1 aromatic rings. The number of hydrogen-bond donors (Lipinski definition) is 0. The second-order valence-corrected chi connectivity index (χ2v) is 10.7. The summed E-state index contributed by atoms with van der Waals surface area (Å²) >= 11 is 1.37. The van der Waals surface area contributed by atoms with Crippen LogP contribution in [0, 0.1) is 5.41 Å². The molecule has 1 aliphatic heterocycles. The van der Waals surface area contributed by atoms with Crippen LogP contribution in [-0.2, 0) is 9.47 Å². The van der Waals surface area contributed by atoms with E-state index in [0.717, 1.165) is 13.8 Å². The molecule has 0 unspecified atom stereocenters. The van der Waals surface area contributed by atoms with E-state index in [2.05, 4.69) is 0 Å². The molecule has 0 aromatic carbocycles. The Kier molecular flexibility index (Phi) is 12.0. The van der Waals surface area contributed by atoms with E-state index >= 15 is 0 Å². The van der Waals surface area contributed by atoms with Gasteiger partial charge in [-0.15, -0.1) is 11.3 Å². The fourth-order valence-electron chi connectivity index (χ4n) is 3.82. The maximum atomic E-state index is 13.9. The molecule has 38 heavy (non-hydrogen) atoms. The quantitative estimate of drug-likeness (QED) is 0.129. The van der Waals surface area contributed by atoms with E-state index in [1.165, 1.54) is 11.3 Å². The topological polar surface area (TPSA) is 36.9 Å². The highest BCUT2D eigenvalue weighted by molar-refractivity contribution is 7.08. The van der Waals surface area contributed by atoms with Gasteiger partial charge in [-0.2, -0.15) is 0 Å². The van der Waals surface area contributed by atoms with Crippen molar-refractivity contribution in [2.75, 3.05) is 39.6 Å². The van der Waals surface area contributed by atoms with Gasteiger partial charge in [0.15, 0.2) is 11.5 Å². The molecule has 2 rings (SSSR count). The van der Waals surface area contributed by atoms with E-state index in [4.69, 9.17) is 18.9 Å². The average molecular weight is 585 g/mol. The Hall–Kier alpha value is -1.34. The molecule has 0 fully saturated rings. The van der Waals surface area contributed by atoms with Crippen LogP contribution in [0.25, 0.3) is 0 Å². The van der Waals surface area contributed by atoms with Crippen LogP contribution in [0.15, 0.2) is 10.8 Å². The smallest absolute Gasteiger partial charge is 0.254 e. The van der Waals surface area contributed by atoms with Gasteiger partial charge in [-0.1, -0.05) is 13.8 Å². The van der Waals surface area contributed by atoms with E-state index < -0.39 is 67.6 Å². The van der Waals surface area contributed by atoms with E-state index in [1.807, 2.05) is 0 Å². The number of rotatable bonds is 18. The largest absolute Gasteiger partial charge is 0.488 e. The summed E-state index contributed by atoms with van der Waals surface area (Å²) in [4.78, 5) is 0. The minimum Gasteiger partial charge on any atom is -0.488 e. The van der Waals surface area contributed by atoms with Crippen LogP contribution in [0.1, 0.15) is 65.2 Å². The van der Waals surface area contributed by atoms with Crippen LogP contribution < -0.4 is 9.47 Å². The predicted octanol–water partition coefficient (Wildman–Crippen LogP) is 8.24. The highest BCUT2D eigenvalue weighted by Crippen LogP contribution is 2.39. The van der Waals surface area contributed by atoms with Crippen molar-refractivity contribution in [1.82, 2.24) is 0 Å². The van der Waals surface area contributed by atoms with Gasteiger partial charge >= 0.3 is 0 Å². The van der Waals surface area contributed by atoms with Crippen molar-refractivity contribution >= 4 is 11.3 Å². The number of halogens is 8. The first-order valence-electron chi connectivity index (χ1n) is 12.6. The number of ether oxygens (including phenoxy) is 4. The predicted molar refractivity (Wildman–Crippen MR) is 127 cm³/mol. The zero-order valence-electron chi connectivity index (χ0n) is 21.6. The summed E-state index contributed by atoms with van der Waals surface area (Å²) in [7, 11) is 0. The summed E-state index contributed by atoms with van der Waals surface area (Å²) in [6, 6.07) is 0. The normalized spacial score (nSPS) is 16.5. The van der Waals surface area contributed by atoms with Crippen molar-refractivity contribution in [3.05, 3.63) is 10.8 Å². The average Bonchev–Trinajstić information content (AvgIpc) is 3.20. The standard InChI is InChI=1S/C25H36F8O4S/c1-3-22(26,27)13-24(30,31)7-5-9-34-15-21(17-36-19-11-38-12-20(19)37-18-21)16-35-10-6-8-25(32,33)14-23(28,29)4-2/h11-12H,3-10,13-18H2,1-2H3. The van der Waals surface area contributed by atoms with E-state index in [-0.39, 0.29) is 52.5 Å². The Balaban J connectivity index is 1.85. The van der Waals surface area contributed by atoms with Crippen LogP contribution in [0.2, 0.25) is 0 Å². The minimum atomic E-state index is -3.53. The minimum absolute atomic E-state index is 0.0454. The maximum Gasteiger partial charge on any atom is 0.254 e. The van der Waals surface area contributed by atoms with Gasteiger partial charge in [0.2, 0.25) is 0 Å². The Morgan fingerprint density at radius 3 is 1.47 bits per heavy atom. The highest BCUT2D eigenvalue weighted by atomic mass is 32.1. The molecule has 0 atom stereocenters. The van der Waals surface area contributed by atoms with Gasteiger partial charge in [0.25, 0.3) is 23.7 Å². The van der Waals surface area contributed by atoms with Crippen molar-refractivity contribution in [3.8, 4) is 11.5 Å². The third-order valence-corrected chi connectivity index (χ3v) is 6.91. The second kappa shape index (κ2) is 13.8. The molecular weight excluding hydrogens is 548 g/mol. The van der Waals surface area contributed by atoms with Gasteiger partial charge in [-0.25, -0.2) is 35.1 Å². The summed E-state index contributed by atoms with van der Waals surface area (Å²) in [6.07, 6.45) is -6.22. The lowest BCUT2D eigenvalue weighted by Crippen LogP contribution is -2.42. The molecule has 0 spiro atoms. The molecule has 0 amide bonds. The molecular formula is C25H36F8O4S. The molecule has 0 saturated heterocycles. The molecule has 0 bridgehead atoms. The lowest BCUT2D eigenvalue weighted by atomic mass is 9.92.